The topological polar surface area (TPSA) is 70.8 Å². The highest BCUT2D eigenvalue weighted by atomic mass is 19.4. The molecular weight excluding hydrogens is 447 g/mol. The first-order valence-corrected chi connectivity index (χ1v) is 10.6. The van der Waals surface area contributed by atoms with Crippen molar-refractivity contribution in [3.63, 3.8) is 0 Å². The van der Waals surface area contributed by atoms with Crippen LogP contribution in [0.15, 0.2) is 64.6 Å². The van der Waals surface area contributed by atoms with E-state index in [4.69, 9.17) is 4.42 Å². The van der Waals surface area contributed by atoms with Gasteiger partial charge in [-0.25, -0.2) is 0 Å². The Kier molecular flexibility index (Phi) is 5.85. The van der Waals surface area contributed by atoms with Gasteiger partial charge in [-0.1, -0.05) is 24.3 Å². The molecule has 1 saturated heterocycles. The van der Waals surface area contributed by atoms with Gasteiger partial charge in [-0.15, -0.1) is 0 Å². The number of hydrogen-bond acceptors (Lipinski definition) is 4. The number of amides is 1. The number of aliphatic hydroxyl groups excluding tert-OH is 1. The standard InChI is InChI=1S/C26H22F3NO4/c1-14-7-9-18(11-15(14)2)23(31)21-22(20-10-8-16(3)34-20)30(25(33)24(21)32)13-17-5-4-6-19(12-17)26(27,28)29/h4-12,22,31H,13H2,1-3H3/b23-21-. The van der Waals surface area contributed by atoms with E-state index >= 15 is 0 Å². The summed E-state index contributed by atoms with van der Waals surface area (Å²) in [6.07, 6.45) is -4.55. The molecule has 1 atom stereocenters. The summed E-state index contributed by atoms with van der Waals surface area (Å²) >= 11 is 0. The highest BCUT2D eigenvalue weighted by Gasteiger charge is 2.47. The molecule has 3 aromatic rings. The molecule has 0 bridgehead atoms. The lowest BCUT2D eigenvalue weighted by molar-refractivity contribution is -0.140. The van der Waals surface area contributed by atoms with Gasteiger partial charge in [0.25, 0.3) is 11.7 Å². The van der Waals surface area contributed by atoms with Gasteiger partial charge in [-0.2, -0.15) is 13.2 Å². The molecule has 176 valence electrons. The Balaban J connectivity index is 1.83. The average molecular weight is 469 g/mol. The van der Waals surface area contributed by atoms with Crippen molar-refractivity contribution in [1.29, 1.82) is 0 Å². The van der Waals surface area contributed by atoms with Gasteiger partial charge < -0.3 is 14.4 Å². The largest absolute Gasteiger partial charge is 0.507 e. The first kappa shape index (κ1) is 23.4. The molecule has 1 amide bonds. The smallest absolute Gasteiger partial charge is 0.416 e. The molecule has 0 aliphatic carbocycles. The van der Waals surface area contributed by atoms with Crippen LogP contribution in [0.2, 0.25) is 0 Å². The molecule has 5 nitrogen and oxygen atoms in total. The molecule has 4 rings (SSSR count). The van der Waals surface area contributed by atoms with E-state index in [1.165, 1.54) is 12.1 Å². The molecule has 8 heteroatoms. The maximum absolute atomic E-state index is 13.2. The van der Waals surface area contributed by atoms with Crippen LogP contribution in [0.3, 0.4) is 0 Å². The monoisotopic (exact) mass is 469 g/mol. The number of ketones is 1. The zero-order valence-electron chi connectivity index (χ0n) is 18.7. The van der Waals surface area contributed by atoms with Crippen LogP contribution < -0.4 is 0 Å². The lowest BCUT2D eigenvalue weighted by Crippen LogP contribution is -2.29. The third-order valence-corrected chi connectivity index (χ3v) is 5.96. The highest BCUT2D eigenvalue weighted by Crippen LogP contribution is 2.41. The molecule has 1 fully saturated rings. The number of benzene rings is 2. The number of furan rings is 1. The van der Waals surface area contributed by atoms with Crippen molar-refractivity contribution in [2.75, 3.05) is 0 Å². The van der Waals surface area contributed by atoms with E-state index in [0.29, 0.717) is 11.3 Å². The zero-order valence-corrected chi connectivity index (χ0v) is 18.7. The number of aryl methyl sites for hydroxylation is 3. The second-order valence-corrected chi connectivity index (χ2v) is 8.37. The van der Waals surface area contributed by atoms with E-state index in [1.54, 1.807) is 37.3 Å². The number of nitrogens with zero attached hydrogens (tertiary/aromatic N) is 1. The zero-order chi connectivity index (χ0) is 24.8. The summed E-state index contributed by atoms with van der Waals surface area (Å²) in [5.41, 5.74) is 1.38. The van der Waals surface area contributed by atoms with Crippen molar-refractivity contribution in [3.05, 3.63) is 99.5 Å². The first-order chi connectivity index (χ1) is 16.0. The molecule has 34 heavy (non-hydrogen) atoms. The number of carbonyl (C=O) groups excluding carboxylic acids is 2. The van der Waals surface area contributed by atoms with Gasteiger partial charge in [0.2, 0.25) is 0 Å². The molecule has 1 aliphatic heterocycles. The number of rotatable bonds is 4. The van der Waals surface area contributed by atoms with Crippen LogP contribution in [0, 0.1) is 20.8 Å². The van der Waals surface area contributed by atoms with Gasteiger partial charge in [-0.3, -0.25) is 9.59 Å². The summed E-state index contributed by atoms with van der Waals surface area (Å²) in [6.45, 7) is 5.17. The number of likely N-dealkylation sites (tertiary alicyclic amines) is 1. The van der Waals surface area contributed by atoms with Crippen LogP contribution in [0.4, 0.5) is 13.2 Å². The summed E-state index contributed by atoms with van der Waals surface area (Å²) in [7, 11) is 0. The maximum atomic E-state index is 13.2. The minimum Gasteiger partial charge on any atom is -0.507 e. The minimum absolute atomic E-state index is 0.172. The third kappa shape index (κ3) is 4.23. The molecule has 2 heterocycles. The average Bonchev–Trinajstić information content (AvgIpc) is 3.31. The van der Waals surface area contributed by atoms with E-state index in [1.807, 2.05) is 13.8 Å². The lowest BCUT2D eigenvalue weighted by Gasteiger charge is -2.24. The van der Waals surface area contributed by atoms with Crippen molar-refractivity contribution in [3.8, 4) is 0 Å². The summed E-state index contributed by atoms with van der Waals surface area (Å²) in [4.78, 5) is 27.2. The molecule has 2 aromatic carbocycles. The normalized spacial score (nSPS) is 18.1. The van der Waals surface area contributed by atoms with E-state index in [0.717, 1.165) is 28.2 Å². The third-order valence-electron chi connectivity index (χ3n) is 5.96. The molecule has 1 N–H and O–H groups in total. The van der Waals surface area contributed by atoms with Crippen LogP contribution in [0.5, 0.6) is 0 Å². The number of halogens is 3. The summed E-state index contributed by atoms with van der Waals surface area (Å²) in [6, 6.07) is 11.8. The van der Waals surface area contributed by atoms with Gasteiger partial charge in [0, 0.05) is 12.1 Å². The lowest BCUT2D eigenvalue weighted by atomic mass is 9.97. The van der Waals surface area contributed by atoms with Crippen LogP contribution >= 0.6 is 0 Å². The fourth-order valence-corrected chi connectivity index (χ4v) is 4.03. The molecule has 1 aliphatic rings. The van der Waals surface area contributed by atoms with Gasteiger partial charge in [0.1, 0.15) is 23.3 Å². The van der Waals surface area contributed by atoms with Crippen molar-refractivity contribution < 1.29 is 32.3 Å². The van der Waals surface area contributed by atoms with Crippen LogP contribution in [-0.2, 0) is 22.3 Å². The molecule has 1 unspecified atom stereocenters. The summed E-state index contributed by atoms with van der Waals surface area (Å²) < 4.78 is 45.3. The predicted octanol–water partition coefficient (Wildman–Crippen LogP) is 5.85. The maximum Gasteiger partial charge on any atom is 0.416 e. The number of alkyl halides is 3. The minimum atomic E-state index is -4.55. The molecule has 0 saturated carbocycles. The van der Waals surface area contributed by atoms with E-state index in [9.17, 15) is 27.9 Å². The van der Waals surface area contributed by atoms with Crippen molar-refractivity contribution in [2.24, 2.45) is 0 Å². The summed E-state index contributed by atoms with van der Waals surface area (Å²) in [5.74, 6) is -1.48. The molecule has 1 aromatic heterocycles. The Morgan fingerprint density at radius 1 is 1.00 bits per heavy atom. The van der Waals surface area contributed by atoms with Gasteiger partial charge in [0.05, 0.1) is 11.1 Å². The Labute approximate surface area is 194 Å². The Morgan fingerprint density at radius 2 is 1.74 bits per heavy atom. The number of Topliss-reactive ketones (excluding diaryl/α,β-unsaturated/α-hetero) is 1. The quantitative estimate of drug-likeness (QED) is 0.296. The van der Waals surface area contributed by atoms with Crippen molar-refractivity contribution in [2.45, 2.75) is 39.5 Å². The van der Waals surface area contributed by atoms with Crippen molar-refractivity contribution in [1.82, 2.24) is 4.90 Å². The van der Waals surface area contributed by atoms with Gasteiger partial charge in [-0.05, 0) is 67.8 Å². The SMILES string of the molecule is Cc1ccc(C2/C(=C(/O)c3ccc(C)c(C)c3)C(=O)C(=O)N2Cc2cccc(C(F)(F)F)c2)o1. The fraction of sp³-hybridized carbons (Fsp3) is 0.231. The number of carbonyl (C=O) groups is 2. The van der Waals surface area contributed by atoms with E-state index in [-0.39, 0.29) is 29.2 Å². The predicted molar refractivity (Wildman–Crippen MR) is 119 cm³/mol. The van der Waals surface area contributed by atoms with Crippen LogP contribution in [-0.4, -0.2) is 21.7 Å². The van der Waals surface area contributed by atoms with Crippen LogP contribution in [0.25, 0.3) is 5.76 Å². The van der Waals surface area contributed by atoms with Gasteiger partial charge >= 0.3 is 6.18 Å². The number of hydrogen-bond donors (Lipinski definition) is 1. The van der Waals surface area contributed by atoms with E-state index in [2.05, 4.69) is 0 Å². The van der Waals surface area contributed by atoms with Crippen LogP contribution in [0.1, 0.15) is 45.4 Å². The Morgan fingerprint density at radius 3 is 2.35 bits per heavy atom. The molecule has 0 spiro atoms. The second kappa shape index (κ2) is 8.52. The molecule has 0 radical (unpaired) electrons. The Bertz CT molecular complexity index is 1320. The van der Waals surface area contributed by atoms with E-state index < -0.39 is 29.5 Å². The summed E-state index contributed by atoms with van der Waals surface area (Å²) in [5, 5.41) is 11.1. The number of aliphatic hydroxyl groups is 1. The fourth-order valence-electron chi connectivity index (χ4n) is 4.03. The Hall–Kier alpha value is -3.81. The molecular formula is C26H22F3NO4. The van der Waals surface area contributed by atoms with Gasteiger partial charge in [0.15, 0.2) is 0 Å². The van der Waals surface area contributed by atoms with Crippen molar-refractivity contribution >= 4 is 17.4 Å². The highest BCUT2D eigenvalue weighted by molar-refractivity contribution is 6.46. The second-order valence-electron chi connectivity index (χ2n) is 8.37. The first-order valence-electron chi connectivity index (χ1n) is 10.6.